The number of anilines is 1. The minimum atomic E-state index is -3.86. The topological polar surface area (TPSA) is 63.7 Å². The van der Waals surface area contributed by atoms with E-state index in [0.717, 1.165) is 15.4 Å². The zero-order valence-corrected chi connectivity index (χ0v) is 14.1. The minimum Gasteiger partial charge on any atom is -0.468 e. The summed E-state index contributed by atoms with van der Waals surface area (Å²) >= 11 is 0. The maximum atomic E-state index is 12.9. The van der Waals surface area contributed by atoms with E-state index >= 15 is 0 Å². The Bertz CT molecular complexity index is 801. The van der Waals surface area contributed by atoms with E-state index in [1.54, 1.807) is 24.3 Å². The lowest BCUT2D eigenvalue weighted by atomic mass is 10.1. The number of carbonyl (C=O) groups is 1. The lowest BCUT2D eigenvalue weighted by Crippen LogP contribution is -2.36. The summed E-state index contributed by atoms with van der Waals surface area (Å²) in [4.78, 5) is 11.9. The number of hydrogen-bond acceptors (Lipinski definition) is 4. The fourth-order valence-electron chi connectivity index (χ4n) is 2.29. The molecular weight excluding hydrogens is 314 g/mol. The molecule has 0 saturated heterocycles. The lowest BCUT2D eigenvalue weighted by molar-refractivity contribution is -0.138. The molecule has 0 spiro atoms. The molecule has 0 heterocycles. The van der Waals surface area contributed by atoms with E-state index < -0.39 is 16.0 Å². The number of hydrogen-bond donors (Lipinski definition) is 0. The number of nitrogens with zero attached hydrogens (tertiary/aromatic N) is 1. The summed E-state index contributed by atoms with van der Waals surface area (Å²) in [7, 11) is -2.63. The first-order valence-electron chi connectivity index (χ1n) is 7.08. The zero-order valence-electron chi connectivity index (χ0n) is 13.3. The molecule has 0 unspecified atom stereocenters. The molecule has 0 atom stereocenters. The third-order valence-corrected chi connectivity index (χ3v) is 5.23. The standard InChI is InChI=1S/C17H19NO4S/c1-13-9-10-16(14(2)11-13)18(12-17(19)22-3)23(20,21)15-7-5-4-6-8-15/h4-11H,12H2,1-3H3. The second-order valence-electron chi connectivity index (χ2n) is 5.19. The van der Waals surface area contributed by atoms with Crippen molar-refractivity contribution in [1.29, 1.82) is 0 Å². The van der Waals surface area contributed by atoms with Crippen LogP contribution in [0.25, 0.3) is 0 Å². The SMILES string of the molecule is COC(=O)CN(c1ccc(C)cc1C)S(=O)(=O)c1ccccc1. The summed E-state index contributed by atoms with van der Waals surface area (Å²) in [5, 5.41) is 0. The van der Waals surface area contributed by atoms with Crippen LogP contribution >= 0.6 is 0 Å². The Kier molecular flexibility index (Phi) is 5.05. The molecule has 0 aromatic heterocycles. The Morgan fingerprint density at radius 2 is 1.74 bits per heavy atom. The molecule has 6 heteroatoms. The molecule has 0 aliphatic rings. The normalized spacial score (nSPS) is 11.1. The molecule has 23 heavy (non-hydrogen) atoms. The van der Waals surface area contributed by atoms with Crippen LogP contribution in [0.4, 0.5) is 5.69 Å². The monoisotopic (exact) mass is 333 g/mol. The smallest absolute Gasteiger partial charge is 0.326 e. The summed E-state index contributed by atoms with van der Waals surface area (Å²) in [5.41, 5.74) is 2.25. The van der Waals surface area contributed by atoms with Crippen LogP contribution in [0.5, 0.6) is 0 Å². The van der Waals surface area contributed by atoms with E-state index in [9.17, 15) is 13.2 Å². The summed E-state index contributed by atoms with van der Waals surface area (Å²) in [6, 6.07) is 13.4. The van der Waals surface area contributed by atoms with E-state index in [4.69, 9.17) is 0 Å². The van der Waals surface area contributed by atoms with Crippen molar-refractivity contribution in [3.63, 3.8) is 0 Å². The number of benzene rings is 2. The van der Waals surface area contributed by atoms with Gasteiger partial charge >= 0.3 is 5.97 Å². The highest BCUT2D eigenvalue weighted by molar-refractivity contribution is 7.92. The Morgan fingerprint density at radius 3 is 2.30 bits per heavy atom. The average molecular weight is 333 g/mol. The Labute approximate surface area is 136 Å². The number of esters is 1. The van der Waals surface area contributed by atoms with Gasteiger partial charge in [-0.3, -0.25) is 9.10 Å². The van der Waals surface area contributed by atoms with Gasteiger partial charge in [0.2, 0.25) is 0 Å². The number of ether oxygens (including phenoxy) is 1. The molecule has 2 rings (SSSR count). The van der Waals surface area contributed by atoms with Crippen molar-refractivity contribution in [2.24, 2.45) is 0 Å². The summed E-state index contributed by atoms with van der Waals surface area (Å²) < 4.78 is 31.6. The highest BCUT2D eigenvalue weighted by Gasteiger charge is 2.28. The van der Waals surface area contributed by atoms with Gasteiger partial charge in [0.25, 0.3) is 10.0 Å². The summed E-state index contributed by atoms with van der Waals surface area (Å²) in [6.07, 6.45) is 0. The van der Waals surface area contributed by atoms with Gasteiger partial charge in [0.15, 0.2) is 0 Å². The predicted octanol–water partition coefficient (Wildman–Crippen LogP) is 2.67. The maximum Gasteiger partial charge on any atom is 0.326 e. The first kappa shape index (κ1) is 17.0. The van der Waals surface area contributed by atoms with Crippen LogP contribution in [-0.2, 0) is 19.6 Å². The van der Waals surface area contributed by atoms with Crippen molar-refractivity contribution in [2.45, 2.75) is 18.7 Å². The van der Waals surface area contributed by atoms with Crippen LogP contribution in [-0.4, -0.2) is 28.0 Å². The maximum absolute atomic E-state index is 12.9. The van der Waals surface area contributed by atoms with E-state index in [-0.39, 0.29) is 11.4 Å². The number of sulfonamides is 1. The van der Waals surface area contributed by atoms with Gasteiger partial charge in [-0.05, 0) is 37.6 Å². The highest BCUT2D eigenvalue weighted by atomic mass is 32.2. The second kappa shape index (κ2) is 6.83. The molecule has 122 valence electrons. The molecule has 0 aliphatic carbocycles. The molecule has 0 saturated carbocycles. The molecular formula is C17H19NO4S. The van der Waals surface area contributed by atoms with Crippen molar-refractivity contribution in [3.8, 4) is 0 Å². The fraction of sp³-hybridized carbons (Fsp3) is 0.235. The molecule has 0 radical (unpaired) electrons. The summed E-state index contributed by atoms with van der Waals surface area (Å²) in [6.45, 7) is 3.36. The van der Waals surface area contributed by atoms with Gasteiger partial charge in [0, 0.05) is 0 Å². The number of rotatable bonds is 5. The van der Waals surface area contributed by atoms with Crippen LogP contribution < -0.4 is 4.31 Å². The second-order valence-corrected chi connectivity index (χ2v) is 7.05. The van der Waals surface area contributed by atoms with E-state index in [2.05, 4.69) is 4.74 Å². The van der Waals surface area contributed by atoms with Gasteiger partial charge in [-0.1, -0.05) is 35.9 Å². The van der Waals surface area contributed by atoms with Crippen molar-refractivity contribution < 1.29 is 17.9 Å². The van der Waals surface area contributed by atoms with Gasteiger partial charge in [-0.25, -0.2) is 8.42 Å². The third kappa shape index (κ3) is 3.71. The largest absolute Gasteiger partial charge is 0.468 e. The van der Waals surface area contributed by atoms with E-state index in [0.29, 0.717) is 5.69 Å². The molecule has 0 bridgehead atoms. The summed E-state index contributed by atoms with van der Waals surface area (Å²) in [5.74, 6) is -0.621. The quantitative estimate of drug-likeness (QED) is 0.789. The van der Waals surface area contributed by atoms with E-state index in [1.165, 1.54) is 19.2 Å². The molecule has 0 aliphatic heterocycles. The highest BCUT2D eigenvalue weighted by Crippen LogP contribution is 2.27. The number of aryl methyl sites for hydroxylation is 2. The van der Waals surface area contributed by atoms with Crippen LogP contribution in [0.2, 0.25) is 0 Å². The first-order chi connectivity index (χ1) is 10.9. The van der Waals surface area contributed by atoms with Crippen LogP contribution in [0, 0.1) is 13.8 Å². The lowest BCUT2D eigenvalue weighted by Gasteiger charge is -2.25. The Morgan fingerprint density at radius 1 is 1.09 bits per heavy atom. The average Bonchev–Trinajstić information content (AvgIpc) is 2.53. The Balaban J connectivity index is 2.56. The molecule has 5 nitrogen and oxygen atoms in total. The molecule has 2 aromatic rings. The van der Waals surface area contributed by atoms with Gasteiger partial charge in [0.1, 0.15) is 6.54 Å². The van der Waals surface area contributed by atoms with Crippen LogP contribution in [0.1, 0.15) is 11.1 Å². The number of carbonyl (C=O) groups excluding carboxylic acids is 1. The first-order valence-corrected chi connectivity index (χ1v) is 8.52. The third-order valence-electron chi connectivity index (χ3n) is 3.45. The predicted molar refractivity (Wildman–Crippen MR) is 88.9 cm³/mol. The fourth-order valence-corrected chi connectivity index (χ4v) is 3.78. The van der Waals surface area contributed by atoms with Gasteiger partial charge < -0.3 is 4.74 Å². The van der Waals surface area contributed by atoms with Gasteiger partial charge in [0.05, 0.1) is 17.7 Å². The van der Waals surface area contributed by atoms with Crippen molar-refractivity contribution >= 4 is 21.7 Å². The van der Waals surface area contributed by atoms with Crippen molar-refractivity contribution in [2.75, 3.05) is 18.0 Å². The van der Waals surface area contributed by atoms with Crippen LogP contribution in [0.3, 0.4) is 0 Å². The van der Waals surface area contributed by atoms with Gasteiger partial charge in [-0.15, -0.1) is 0 Å². The van der Waals surface area contributed by atoms with Crippen molar-refractivity contribution in [3.05, 3.63) is 59.7 Å². The van der Waals surface area contributed by atoms with E-state index in [1.807, 2.05) is 26.0 Å². The van der Waals surface area contributed by atoms with Crippen LogP contribution in [0.15, 0.2) is 53.4 Å². The Hall–Kier alpha value is -2.34. The van der Waals surface area contributed by atoms with Crippen molar-refractivity contribution in [1.82, 2.24) is 0 Å². The zero-order chi connectivity index (χ0) is 17.0. The number of methoxy groups -OCH3 is 1. The molecule has 0 fully saturated rings. The minimum absolute atomic E-state index is 0.129. The molecule has 0 N–H and O–H groups in total. The molecule has 2 aromatic carbocycles. The van der Waals surface area contributed by atoms with Gasteiger partial charge in [-0.2, -0.15) is 0 Å². The molecule has 0 amide bonds.